The summed E-state index contributed by atoms with van der Waals surface area (Å²) in [5.41, 5.74) is 2.17. The molecular formula is C19H30IN5. The molecule has 1 aliphatic heterocycles. The number of aromatic nitrogens is 2. The number of halogens is 1. The number of aliphatic imine (C=N–C) groups is 1. The van der Waals surface area contributed by atoms with Crippen molar-refractivity contribution in [2.45, 2.75) is 39.5 Å². The molecule has 2 aromatic rings. The van der Waals surface area contributed by atoms with E-state index in [1.54, 1.807) is 0 Å². The van der Waals surface area contributed by atoms with Crippen molar-refractivity contribution in [3.63, 3.8) is 0 Å². The van der Waals surface area contributed by atoms with Crippen LogP contribution in [-0.4, -0.2) is 47.0 Å². The van der Waals surface area contributed by atoms with Gasteiger partial charge in [0.15, 0.2) is 5.96 Å². The molecule has 6 heteroatoms. The number of piperidine rings is 1. The summed E-state index contributed by atoms with van der Waals surface area (Å²) < 4.78 is 0. The number of imidazole rings is 1. The van der Waals surface area contributed by atoms with Crippen molar-refractivity contribution in [3.8, 4) is 0 Å². The Morgan fingerprint density at radius 1 is 1.32 bits per heavy atom. The van der Waals surface area contributed by atoms with E-state index in [0.717, 1.165) is 67.8 Å². The van der Waals surface area contributed by atoms with E-state index in [4.69, 9.17) is 4.99 Å². The summed E-state index contributed by atoms with van der Waals surface area (Å²) in [5, 5.41) is 3.44. The van der Waals surface area contributed by atoms with Crippen molar-refractivity contribution >= 4 is 41.0 Å². The van der Waals surface area contributed by atoms with Gasteiger partial charge in [0, 0.05) is 32.6 Å². The summed E-state index contributed by atoms with van der Waals surface area (Å²) in [6, 6.07) is 8.19. The maximum Gasteiger partial charge on any atom is 0.193 e. The highest BCUT2D eigenvalue weighted by molar-refractivity contribution is 14.0. The SMILES string of the molecule is CCNC(=NCCCc1nc2ccccc2[nH]1)N1CCC(C)CC1.I. The minimum atomic E-state index is 0. The first-order valence-electron chi connectivity index (χ1n) is 9.23. The topological polar surface area (TPSA) is 56.3 Å². The van der Waals surface area contributed by atoms with Crippen molar-refractivity contribution in [3.05, 3.63) is 30.1 Å². The molecule has 0 radical (unpaired) electrons. The van der Waals surface area contributed by atoms with E-state index in [1.807, 2.05) is 18.2 Å². The number of nitrogens with one attached hydrogen (secondary N) is 2. The Labute approximate surface area is 167 Å². The van der Waals surface area contributed by atoms with E-state index in [0.29, 0.717) is 0 Å². The smallest absolute Gasteiger partial charge is 0.193 e. The van der Waals surface area contributed by atoms with Crippen molar-refractivity contribution in [1.82, 2.24) is 20.2 Å². The van der Waals surface area contributed by atoms with E-state index in [1.165, 1.54) is 12.8 Å². The fraction of sp³-hybridized carbons (Fsp3) is 0.579. The van der Waals surface area contributed by atoms with Crippen LogP contribution in [0.2, 0.25) is 0 Å². The van der Waals surface area contributed by atoms with Crippen LogP contribution in [0.1, 0.15) is 38.9 Å². The lowest BCUT2D eigenvalue weighted by atomic mass is 10.00. The van der Waals surface area contributed by atoms with Gasteiger partial charge in [-0.25, -0.2) is 4.98 Å². The number of benzene rings is 1. The van der Waals surface area contributed by atoms with Crippen molar-refractivity contribution in [1.29, 1.82) is 0 Å². The third-order valence-electron chi connectivity index (χ3n) is 4.69. The number of para-hydroxylation sites is 2. The minimum absolute atomic E-state index is 0. The van der Waals surface area contributed by atoms with Gasteiger partial charge in [0.25, 0.3) is 0 Å². The van der Waals surface area contributed by atoms with Crippen molar-refractivity contribution in [2.24, 2.45) is 10.9 Å². The van der Waals surface area contributed by atoms with Crippen LogP contribution in [0.25, 0.3) is 11.0 Å². The summed E-state index contributed by atoms with van der Waals surface area (Å²) in [4.78, 5) is 15.3. The first-order chi connectivity index (χ1) is 11.8. The molecule has 1 saturated heterocycles. The Morgan fingerprint density at radius 3 is 2.80 bits per heavy atom. The van der Waals surface area contributed by atoms with Crippen molar-refractivity contribution < 1.29 is 0 Å². The number of aromatic amines is 1. The van der Waals surface area contributed by atoms with Crippen LogP contribution < -0.4 is 5.32 Å². The molecule has 0 unspecified atom stereocenters. The van der Waals surface area contributed by atoms with Crippen LogP contribution in [0.3, 0.4) is 0 Å². The summed E-state index contributed by atoms with van der Waals surface area (Å²) in [5.74, 6) is 2.98. The van der Waals surface area contributed by atoms with E-state index in [9.17, 15) is 0 Å². The molecule has 25 heavy (non-hydrogen) atoms. The van der Waals surface area contributed by atoms with Gasteiger partial charge in [-0.3, -0.25) is 4.99 Å². The molecule has 3 rings (SSSR count). The molecular weight excluding hydrogens is 425 g/mol. The summed E-state index contributed by atoms with van der Waals surface area (Å²) in [6.45, 7) is 8.48. The Balaban J connectivity index is 0.00000225. The largest absolute Gasteiger partial charge is 0.357 e. The van der Waals surface area contributed by atoms with Gasteiger partial charge < -0.3 is 15.2 Å². The fourth-order valence-electron chi connectivity index (χ4n) is 3.20. The normalized spacial score (nSPS) is 16.1. The highest BCUT2D eigenvalue weighted by Crippen LogP contribution is 2.16. The number of fused-ring (bicyclic) bond motifs is 1. The summed E-state index contributed by atoms with van der Waals surface area (Å²) >= 11 is 0. The van der Waals surface area contributed by atoms with E-state index in [-0.39, 0.29) is 24.0 Å². The number of H-pyrrole nitrogens is 1. The third-order valence-corrected chi connectivity index (χ3v) is 4.69. The average molecular weight is 455 g/mol. The van der Waals surface area contributed by atoms with Crippen LogP contribution in [-0.2, 0) is 6.42 Å². The number of hydrogen-bond acceptors (Lipinski definition) is 2. The van der Waals surface area contributed by atoms with Crippen LogP contribution in [0.15, 0.2) is 29.3 Å². The Hall–Kier alpha value is -1.31. The van der Waals surface area contributed by atoms with Gasteiger partial charge in [0.2, 0.25) is 0 Å². The van der Waals surface area contributed by atoms with Crippen LogP contribution in [0.4, 0.5) is 0 Å². The highest BCUT2D eigenvalue weighted by Gasteiger charge is 2.18. The maximum absolute atomic E-state index is 4.82. The zero-order valence-electron chi connectivity index (χ0n) is 15.3. The molecule has 2 heterocycles. The average Bonchev–Trinajstić information content (AvgIpc) is 3.01. The molecule has 138 valence electrons. The Kier molecular flexibility index (Phi) is 7.99. The third kappa shape index (κ3) is 5.59. The van der Waals surface area contributed by atoms with E-state index >= 15 is 0 Å². The quantitative estimate of drug-likeness (QED) is 0.312. The molecule has 1 fully saturated rings. The molecule has 0 aliphatic carbocycles. The van der Waals surface area contributed by atoms with Gasteiger partial charge in [-0.05, 0) is 44.2 Å². The molecule has 1 aliphatic rings. The molecule has 1 aromatic heterocycles. The standard InChI is InChI=1S/C19H29N5.HI/c1-3-20-19(24-13-10-15(2)11-14-24)21-12-6-9-18-22-16-7-4-5-8-17(16)23-18;/h4-5,7-8,15H,3,6,9-14H2,1-2H3,(H,20,21)(H,22,23);1H. The predicted molar refractivity (Wildman–Crippen MR) is 116 cm³/mol. The highest BCUT2D eigenvalue weighted by atomic mass is 127. The van der Waals surface area contributed by atoms with E-state index < -0.39 is 0 Å². The second-order valence-corrected chi connectivity index (χ2v) is 6.71. The second-order valence-electron chi connectivity index (χ2n) is 6.71. The first-order valence-corrected chi connectivity index (χ1v) is 9.23. The minimum Gasteiger partial charge on any atom is -0.357 e. The number of aryl methyl sites for hydroxylation is 1. The maximum atomic E-state index is 4.82. The Morgan fingerprint density at radius 2 is 2.08 bits per heavy atom. The molecule has 0 bridgehead atoms. The van der Waals surface area contributed by atoms with Gasteiger partial charge in [0.1, 0.15) is 5.82 Å². The molecule has 2 N–H and O–H groups in total. The first kappa shape index (κ1) is 20.0. The number of nitrogens with zero attached hydrogens (tertiary/aromatic N) is 3. The zero-order chi connectivity index (χ0) is 16.8. The summed E-state index contributed by atoms with van der Waals surface area (Å²) in [6.07, 6.45) is 4.49. The molecule has 0 saturated carbocycles. The van der Waals surface area contributed by atoms with Crippen LogP contribution in [0.5, 0.6) is 0 Å². The van der Waals surface area contributed by atoms with Crippen LogP contribution in [0, 0.1) is 5.92 Å². The predicted octanol–water partition coefficient (Wildman–Crippen LogP) is 3.81. The van der Waals surface area contributed by atoms with Gasteiger partial charge >= 0.3 is 0 Å². The monoisotopic (exact) mass is 455 g/mol. The molecule has 0 atom stereocenters. The van der Waals surface area contributed by atoms with Gasteiger partial charge in [0.05, 0.1) is 11.0 Å². The van der Waals surface area contributed by atoms with Gasteiger partial charge in [-0.1, -0.05) is 19.1 Å². The molecule has 0 spiro atoms. The number of hydrogen-bond donors (Lipinski definition) is 2. The number of rotatable bonds is 5. The lowest BCUT2D eigenvalue weighted by molar-refractivity contribution is 0.273. The number of likely N-dealkylation sites (tertiary alicyclic amines) is 1. The van der Waals surface area contributed by atoms with Gasteiger partial charge in [-0.15, -0.1) is 24.0 Å². The zero-order valence-corrected chi connectivity index (χ0v) is 17.6. The fourth-order valence-corrected chi connectivity index (χ4v) is 3.20. The lowest BCUT2D eigenvalue weighted by Crippen LogP contribution is -2.45. The second kappa shape index (κ2) is 9.99. The Bertz CT molecular complexity index is 640. The lowest BCUT2D eigenvalue weighted by Gasteiger charge is -2.33. The molecule has 0 amide bonds. The van der Waals surface area contributed by atoms with Gasteiger partial charge in [-0.2, -0.15) is 0 Å². The molecule has 5 nitrogen and oxygen atoms in total. The van der Waals surface area contributed by atoms with Crippen LogP contribution >= 0.6 is 24.0 Å². The van der Waals surface area contributed by atoms with Crippen molar-refractivity contribution in [2.75, 3.05) is 26.2 Å². The molecule has 1 aromatic carbocycles. The summed E-state index contributed by atoms with van der Waals surface area (Å²) in [7, 11) is 0. The number of guanidine groups is 1. The van der Waals surface area contributed by atoms with E-state index in [2.05, 4.69) is 40.1 Å².